The van der Waals surface area contributed by atoms with Gasteiger partial charge in [0, 0.05) is 18.4 Å². The van der Waals surface area contributed by atoms with Crippen molar-refractivity contribution in [3.8, 4) is 0 Å². The summed E-state index contributed by atoms with van der Waals surface area (Å²) in [6.07, 6.45) is 10.4. The summed E-state index contributed by atoms with van der Waals surface area (Å²) in [4.78, 5) is 24.3. The smallest absolute Gasteiger partial charge is 0.331 e. The number of fused-ring (bicyclic) bond motifs is 1. The Hall–Kier alpha value is -1.38. The molecule has 3 atom stereocenters. The SMILES string of the molecule is C=C(/C=C/C(=O)OC(C)(C)C)CC1C(=O)CC[C@@]2(C)CCCC[C@@H]12. The summed E-state index contributed by atoms with van der Waals surface area (Å²) in [6.45, 7) is 12.0. The summed E-state index contributed by atoms with van der Waals surface area (Å²) in [5, 5.41) is 0. The third kappa shape index (κ3) is 4.81. The molecule has 2 aliphatic rings. The largest absolute Gasteiger partial charge is 0.457 e. The maximum absolute atomic E-state index is 12.5. The van der Waals surface area contributed by atoms with Crippen LogP contribution < -0.4 is 0 Å². The summed E-state index contributed by atoms with van der Waals surface area (Å²) in [5.74, 6) is 0.561. The minimum Gasteiger partial charge on any atom is -0.457 e. The Morgan fingerprint density at radius 3 is 2.67 bits per heavy atom. The highest BCUT2D eigenvalue weighted by Crippen LogP contribution is 2.52. The Balaban J connectivity index is 1.99. The van der Waals surface area contributed by atoms with Gasteiger partial charge in [0.05, 0.1) is 0 Å². The predicted molar refractivity (Wildman–Crippen MR) is 96.5 cm³/mol. The second-order valence-corrected chi connectivity index (χ2v) is 8.81. The summed E-state index contributed by atoms with van der Waals surface area (Å²) in [5.41, 5.74) is 0.659. The van der Waals surface area contributed by atoms with Gasteiger partial charge in [-0.05, 0) is 57.8 Å². The summed E-state index contributed by atoms with van der Waals surface area (Å²) in [7, 11) is 0. The Labute approximate surface area is 146 Å². The summed E-state index contributed by atoms with van der Waals surface area (Å²) in [6, 6.07) is 0. The van der Waals surface area contributed by atoms with E-state index in [1.54, 1.807) is 6.08 Å². The maximum atomic E-state index is 12.5. The molecule has 2 fully saturated rings. The van der Waals surface area contributed by atoms with E-state index < -0.39 is 5.60 Å². The normalized spacial score (nSPS) is 30.9. The van der Waals surface area contributed by atoms with E-state index in [0.717, 1.165) is 18.4 Å². The van der Waals surface area contributed by atoms with Crippen LogP contribution in [-0.4, -0.2) is 17.4 Å². The summed E-state index contributed by atoms with van der Waals surface area (Å²) < 4.78 is 5.27. The van der Waals surface area contributed by atoms with Gasteiger partial charge in [0.25, 0.3) is 0 Å². The second kappa shape index (κ2) is 7.25. The lowest BCUT2D eigenvalue weighted by atomic mass is 9.55. The van der Waals surface area contributed by atoms with Crippen LogP contribution >= 0.6 is 0 Å². The van der Waals surface area contributed by atoms with Crippen LogP contribution in [0.1, 0.15) is 72.6 Å². The molecule has 0 amide bonds. The van der Waals surface area contributed by atoms with E-state index in [0.29, 0.717) is 30.0 Å². The zero-order valence-corrected chi connectivity index (χ0v) is 15.7. The molecule has 0 heterocycles. The molecule has 0 N–H and O–H groups in total. The second-order valence-electron chi connectivity index (χ2n) is 8.81. The molecule has 0 radical (unpaired) electrons. The van der Waals surface area contributed by atoms with E-state index in [1.165, 1.54) is 25.3 Å². The highest BCUT2D eigenvalue weighted by atomic mass is 16.6. The van der Waals surface area contributed by atoms with Gasteiger partial charge in [-0.2, -0.15) is 0 Å². The molecule has 0 spiro atoms. The number of hydrogen-bond donors (Lipinski definition) is 0. The van der Waals surface area contributed by atoms with Crippen LogP contribution in [0.4, 0.5) is 0 Å². The van der Waals surface area contributed by atoms with E-state index in [1.807, 2.05) is 20.8 Å². The number of rotatable bonds is 4. The first-order valence-electron chi connectivity index (χ1n) is 9.22. The van der Waals surface area contributed by atoms with E-state index in [9.17, 15) is 9.59 Å². The average Bonchev–Trinajstić information content (AvgIpc) is 2.47. The molecule has 134 valence electrons. The quantitative estimate of drug-likeness (QED) is 0.413. The number of Topliss-reactive ketones (excluding diaryl/α,β-unsaturated/α-hetero) is 1. The van der Waals surface area contributed by atoms with Crippen molar-refractivity contribution in [3.63, 3.8) is 0 Å². The number of carbonyl (C=O) groups is 2. The van der Waals surface area contributed by atoms with Crippen molar-refractivity contribution in [2.75, 3.05) is 0 Å². The zero-order valence-electron chi connectivity index (χ0n) is 15.7. The number of esters is 1. The first-order valence-corrected chi connectivity index (χ1v) is 9.22. The molecule has 0 aromatic heterocycles. The topological polar surface area (TPSA) is 43.4 Å². The Kier molecular flexibility index (Phi) is 5.72. The van der Waals surface area contributed by atoms with Crippen molar-refractivity contribution in [1.82, 2.24) is 0 Å². The Bertz CT molecular complexity index is 538. The van der Waals surface area contributed by atoms with Crippen molar-refractivity contribution in [1.29, 1.82) is 0 Å². The molecule has 2 rings (SSSR count). The average molecular weight is 332 g/mol. The third-order valence-corrected chi connectivity index (χ3v) is 5.59. The van der Waals surface area contributed by atoms with Gasteiger partial charge < -0.3 is 4.74 Å². The van der Waals surface area contributed by atoms with Gasteiger partial charge in [0.1, 0.15) is 11.4 Å². The minimum absolute atomic E-state index is 0.0693. The molecule has 2 aliphatic carbocycles. The van der Waals surface area contributed by atoms with Crippen LogP contribution in [0, 0.1) is 17.3 Å². The van der Waals surface area contributed by atoms with E-state index in [4.69, 9.17) is 4.74 Å². The monoisotopic (exact) mass is 332 g/mol. The highest BCUT2D eigenvalue weighted by Gasteiger charge is 2.46. The maximum Gasteiger partial charge on any atom is 0.331 e. The van der Waals surface area contributed by atoms with Crippen LogP contribution in [0.2, 0.25) is 0 Å². The van der Waals surface area contributed by atoms with Crippen molar-refractivity contribution in [2.24, 2.45) is 17.3 Å². The van der Waals surface area contributed by atoms with Crippen LogP contribution in [0.15, 0.2) is 24.3 Å². The van der Waals surface area contributed by atoms with Gasteiger partial charge in [-0.1, -0.05) is 38.0 Å². The number of ketones is 1. The molecule has 0 saturated heterocycles. The number of ether oxygens (including phenoxy) is 1. The number of hydrogen-bond acceptors (Lipinski definition) is 3. The van der Waals surface area contributed by atoms with E-state index in [2.05, 4.69) is 13.5 Å². The Morgan fingerprint density at radius 1 is 1.29 bits per heavy atom. The fraction of sp³-hybridized carbons (Fsp3) is 0.714. The van der Waals surface area contributed by atoms with Gasteiger partial charge in [-0.15, -0.1) is 0 Å². The fourth-order valence-corrected chi connectivity index (χ4v) is 4.37. The van der Waals surface area contributed by atoms with Crippen molar-refractivity contribution < 1.29 is 14.3 Å². The van der Waals surface area contributed by atoms with E-state index >= 15 is 0 Å². The fourth-order valence-electron chi connectivity index (χ4n) is 4.37. The summed E-state index contributed by atoms with van der Waals surface area (Å²) >= 11 is 0. The van der Waals surface area contributed by atoms with Crippen LogP contribution in [0.5, 0.6) is 0 Å². The molecule has 3 nitrogen and oxygen atoms in total. The molecule has 0 aliphatic heterocycles. The van der Waals surface area contributed by atoms with Gasteiger partial charge in [-0.25, -0.2) is 4.79 Å². The van der Waals surface area contributed by atoms with E-state index in [-0.39, 0.29) is 11.9 Å². The van der Waals surface area contributed by atoms with Crippen molar-refractivity contribution in [2.45, 2.75) is 78.2 Å². The molecular formula is C21H32O3. The molecule has 2 saturated carbocycles. The lowest BCUT2D eigenvalue weighted by Gasteiger charge is -2.48. The Morgan fingerprint density at radius 2 is 2.00 bits per heavy atom. The number of allylic oxidation sites excluding steroid dienone is 2. The highest BCUT2D eigenvalue weighted by molar-refractivity contribution is 5.84. The third-order valence-electron chi connectivity index (χ3n) is 5.59. The molecule has 24 heavy (non-hydrogen) atoms. The van der Waals surface area contributed by atoms with Gasteiger partial charge in [0.15, 0.2) is 0 Å². The minimum atomic E-state index is -0.494. The zero-order chi connectivity index (χ0) is 18.0. The lowest BCUT2D eigenvalue weighted by molar-refractivity contribution is -0.148. The van der Waals surface area contributed by atoms with Gasteiger partial charge in [0.2, 0.25) is 0 Å². The predicted octanol–water partition coefficient (Wildman–Crippen LogP) is 5.01. The van der Waals surface area contributed by atoms with Gasteiger partial charge >= 0.3 is 5.97 Å². The van der Waals surface area contributed by atoms with Crippen LogP contribution in [0.3, 0.4) is 0 Å². The standard InChI is InChI=1S/C21H32O3/c1-15(9-10-19(23)24-20(2,3)4)14-16-17-8-6-7-12-21(17,5)13-11-18(16)22/h9-10,16-17H,1,6-8,11-14H2,2-5H3/b10-9+/t16?,17-,21+/m0/s1. The molecule has 0 aromatic rings. The molecule has 0 bridgehead atoms. The molecule has 1 unspecified atom stereocenters. The lowest BCUT2D eigenvalue weighted by Crippen LogP contribution is -2.43. The number of carbonyl (C=O) groups excluding carboxylic acids is 2. The molecule has 3 heteroatoms. The van der Waals surface area contributed by atoms with Crippen LogP contribution in [0.25, 0.3) is 0 Å². The van der Waals surface area contributed by atoms with Crippen molar-refractivity contribution >= 4 is 11.8 Å². The molecular weight excluding hydrogens is 300 g/mol. The van der Waals surface area contributed by atoms with Crippen molar-refractivity contribution in [3.05, 3.63) is 24.3 Å². The van der Waals surface area contributed by atoms with Gasteiger partial charge in [-0.3, -0.25) is 4.79 Å². The molecule has 0 aromatic carbocycles. The van der Waals surface area contributed by atoms with Crippen LogP contribution in [-0.2, 0) is 14.3 Å². The first kappa shape index (κ1) is 19.0. The first-order chi connectivity index (χ1) is 11.1.